The van der Waals surface area contributed by atoms with Gasteiger partial charge in [-0.25, -0.2) is 0 Å². The molecule has 3 heteroatoms. The Balaban J connectivity index is 2.14. The summed E-state index contributed by atoms with van der Waals surface area (Å²) in [5.74, 6) is 0.652. The van der Waals surface area contributed by atoms with Crippen LogP contribution in [0.2, 0.25) is 0 Å². The molecule has 3 nitrogen and oxygen atoms in total. The number of esters is 1. The molecule has 76 valence electrons. The van der Waals surface area contributed by atoms with Crippen molar-refractivity contribution in [3.05, 3.63) is 0 Å². The Morgan fingerprint density at radius 1 is 1.38 bits per heavy atom. The van der Waals surface area contributed by atoms with Crippen LogP contribution >= 0.6 is 0 Å². The Morgan fingerprint density at radius 3 is 3.00 bits per heavy atom. The maximum absolute atomic E-state index is 10.9. The molecule has 1 aliphatic heterocycles. The van der Waals surface area contributed by atoms with Crippen LogP contribution < -0.4 is 5.73 Å². The van der Waals surface area contributed by atoms with E-state index in [9.17, 15) is 4.79 Å². The van der Waals surface area contributed by atoms with Crippen molar-refractivity contribution in [2.75, 3.05) is 13.2 Å². The number of nitrogens with two attached hydrogens (primary N) is 1. The van der Waals surface area contributed by atoms with Gasteiger partial charge in [0, 0.05) is 6.42 Å². The lowest BCUT2D eigenvalue weighted by molar-refractivity contribution is -0.142. The van der Waals surface area contributed by atoms with Crippen molar-refractivity contribution in [1.29, 1.82) is 0 Å². The van der Waals surface area contributed by atoms with E-state index in [0.717, 1.165) is 25.8 Å². The van der Waals surface area contributed by atoms with Gasteiger partial charge in [-0.3, -0.25) is 4.79 Å². The second kappa shape index (κ2) is 5.97. The summed E-state index contributed by atoms with van der Waals surface area (Å²) in [6.07, 6.45) is 6.14. The van der Waals surface area contributed by atoms with Crippen molar-refractivity contribution < 1.29 is 9.53 Å². The fraction of sp³-hybridized carbons (Fsp3) is 0.900. The maximum Gasteiger partial charge on any atom is 0.305 e. The van der Waals surface area contributed by atoms with Crippen LogP contribution in [-0.2, 0) is 9.53 Å². The van der Waals surface area contributed by atoms with Crippen LogP contribution in [0.3, 0.4) is 0 Å². The molecular formula is C10H19NO2. The lowest BCUT2D eigenvalue weighted by Gasteiger charge is -2.11. The molecule has 1 atom stereocenters. The van der Waals surface area contributed by atoms with Gasteiger partial charge in [-0.1, -0.05) is 12.8 Å². The Kier molecular flexibility index (Phi) is 4.83. The molecule has 0 spiro atoms. The van der Waals surface area contributed by atoms with Crippen LogP contribution in [0.25, 0.3) is 0 Å². The molecule has 0 saturated carbocycles. The highest BCUT2D eigenvalue weighted by atomic mass is 16.5. The number of hydrogen-bond acceptors (Lipinski definition) is 3. The molecule has 1 heterocycles. The fourth-order valence-corrected chi connectivity index (χ4v) is 1.74. The van der Waals surface area contributed by atoms with Gasteiger partial charge in [0.2, 0.25) is 0 Å². The van der Waals surface area contributed by atoms with E-state index in [0.29, 0.717) is 18.9 Å². The summed E-state index contributed by atoms with van der Waals surface area (Å²) in [7, 11) is 0. The number of carbonyl (C=O) groups excluding carboxylic acids is 1. The molecule has 0 aromatic carbocycles. The molecule has 1 saturated heterocycles. The van der Waals surface area contributed by atoms with Gasteiger partial charge in [0.15, 0.2) is 0 Å². The van der Waals surface area contributed by atoms with E-state index in [1.165, 1.54) is 12.8 Å². The van der Waals surface area contributed by atoms with E-state index in [4.69, 9.17) is 10.5 Å². The summed E-state index contributed by atoms with van der Waals surface area (Å²) in [6.45, 7) is 1.40. The first-order valence-electron chi connectivity index (χ1n) is 5.18. The normalized spacial score (nSPS) is 23.8. The van der Waals surface area contributed by atoms with Crippen molar-refractivity contribution in [3.8, 4) is 0 Å². The van der Waals surface area contributed by atoms with Gasteiger partial charge in [0.05, 0.1) is 6.61 Å². The predicted octanol–water partition coefficient (Wildman–Crippen LogP) is 1.46. The number of hydrogen-bond donors (Lipinski definition) is 1. The minimum Gasteiger partial charge on any atom is -0.466 e. The van der Waals surface area contributed by atoms with Crippen molar-refractivity contribution in [2.45, 2.75) is 38.5 Å². The summed E-state index contributed by atoms with van der Waals surface area (Å²) < 4.78 is 4.98. The highest BCUT2D eigenvalue weighted by Crippen LogP contribution is 2.21. The fourth-order valence-electron chi connectivity index (χ4n) is 1.74. The number of unbranched alkanes of at least 4 members (excludes halogenated alkanes) is 1. The van der Waals surface area contributed by atoms with E-state index in [2.05, 4.69) is 0 Å². The molecular weight excluding hydrogens is 166 g/mol. The van der Waals surface area contributed by atoms with Crippen LogP contribution in [0.5, 0.6) is 0 Å². The van der Waals surface area contributed by atoms with Crippen LogP contribution in [0.15, 0.2) is 0 Å². The van der Waals surface area contributed by atoms with Gasteiger partial charge in [-0.2, -0.15) is 0 Å². The quantitative estimate of drug-likeness (QED) is 0.533. The third-order valence-electron chi connectivity index (χ3n) is 2.61. The number of ether oxygens (including phenoxy) is 1. The van der Waals surface area contributed by atoms with Crippen molar-refractivity contribution in [2.24, 2.45) is 11.7 Å². The lowest BCUT2D eigenvalue weighted by Crippen LogP contribution is -2.03. The average molecular weight is 185 g/mol. The predicted molar refractivity (Wildman–Crippen MR) is 51.2 cm³/mol. The Hall–Kier alpha value is -0.570. The van der Waals surface area contributed by atoms with Gasteiger partial charge in [-0.15, -0.1) is 0 Å². The minimum absolute atomic E-state index is 0.0266. The first-order chi connectivity index (χ1) is 6.33. The van der Waals surface area contributed by atoms with Crippen LogP contribution in [0, 0.1) is 5.92 Å². The highest BCUT2D eigenvalue weighted by Gasteiger charge is 2.16. The topological polar surface area (TPSA) is 52.3 Å². The molecule has 0 bridgehead atoms. The third-order valence-corrected chi connectivity index (χ3v) is 2.61. The van der Waals surface area contributed by atoms with E-state index < -0.39 is 0 Å². The van der Waals surface area contributed by atoms with Gasteiger partial charge < -0.3 is 10.5 Å². The molecule has 0 amide bonds. The van der Waals surface area contributed by atoms with Crippen LogP contribution in [0.4, 0.5) is 0 Å². The van der Waals surface area contributed by atoms with E-state index in [1.807, 2.05) is 0 Å². The average Bonchev–Trinajstić information content (AvgIpc) is 2.32. The van der Waals surface area contributed by atoms with Gasteiger partial charge >= 0.3 is 5.97 Å². The van der Waals surface area contributed by atoms with E-state index in [-0.39, 0.29) is 5.97 Å². The molecule has 13 heavy (non-hydrogen) atoms. The number of rotatable bonds is 4. The summed E-state index contributed by atoms with van der Waals surface area (Å²) in [6, 6.07) is 0. The molecule has 0 aromatic heterocycles. The Morgan fingerprint density at radius 2 is 2.23 bits per heavy atom. The summed E-state index contributed by atoms with van der Waals surface area (Å²) >= 11 is 0. The molecule has 1 rings (SSSR count). The van der Waals surface area contributed by atoms with E-state index >= 15 is 0 Å². The monoisotopic (exact) mass is 185 g/mol. The highest BCUT2D eigenvalue weighted by molar-refractivity contribution is 5.69. The van der Waals surface area contributed by atoms with Gasteiger partial charge in [0.1, 0.15) is 0 Å². The van der Waals surface area contributed by atoms with Crippen molar-refractivity contribution >= 4 is 5.97 Å². The van der Waals surface area contributed by atoms with E-state index in [1.54, 1.807) is 0 Å². The molecule has 2 N–H and O–H groups in total. The summed E-state index contributed by atoms with van der Waals surface area (Å²) in [5, 5.41) is 0. The Labute approximate surface area is 79.6 Å². The first kappa shape index (κ1) is 10.5. The standard InChI is InChI=1S/C10H19NO2/c11-7-2-1-3-9-4-5-10(12)13-8-6-9/h9H,1-8,11H2. The Bertz CT molecular complexity index is 159. The summed E-state index contributed by atoms with van der Waals surface area (Å²) in [5.41, 5.74) is 5.42. The number of cyclic esters (lactones) is 1. The smallest absolute Gasteiger partial charge is 0.305 e. The van der Waals surface area contributed by atoms with Crippen molar-refractivity contribution in [1.82, 2.24) is 0 Å². The molecule has 1 unspecified atom stereocenters. The molecule has 0 radical (unpaired) electrons. The first-order valence-corrected chi connectivity index (χ1v) is 5.18. The minimum atomic E-state index is -0.0266. The molecule has 1 fully saturated rings. The van der Waals surface area contributed by atoms with Gasteiger partial charge in [-0.05, 0) is 31.7 Å². The third kappa shape index (κ3) is 4.27. The lowest BCUT2D eigenvalue weighted by atomic mass is 9.94. The second-order valence-corrected chi connectivity index (χ2v) is 3.70. The second-order valence-electron chi connectivity index (χ2n) is 3.70. The van der Waals surface area contributed by atoms with Gasteiger partial charge in [0.25, 0.3) is 0 Å². The van der Waals surface area contributed by atoms with Crippen LogP contribution in [0.1, 0.15) is 38.5 Å². The maximum atomic E-state index is 10.9. The molecule has 1 aliphatic rings. The molecule has 0 aromatic rings. The number of carbonyl (C=O) groups is 1. The van der Waals surface area contributed by atoms with Crippen LogP contribution in [-0.4, -0.2) is 19.1 Å². The zero-order valence-corrected chi connectivity index (χ0v) is 8.13. The largest absolute Gasteiger partial charge is 0.466 e. The zero-order valence-electron chi connectivity index (χ0n) is 8.13. The van der Waals surface area contributed by atoms with Crippen molar-refractivity contribution in [3.63, 3.8) is 0 Å². The SMILES string of the molecule is NCCCCC1CCOC(=O)CC1. The summed E-state index contributed by atoms with van der Waals surface area (Å²) in [4.78, 5) is 10.9. The zero-order chi connectivity index (χ0) is 9.52. The molecule has 0 aliphatic carbocycles.